The zero-order valence-corrected chi connectivity index (χ0v) is 24.9. The summed E-state index contributed by atoms with van der Waals surface area (Å²) >= 11 is 0. The number of fused-ring (bicyclic) bond motifs is 5. The molecule has 0 bridgehead atoms. The van der Waals surface area contributed by atoms with E-state index in [1.807, 2.05) is 0 Å². The van der Waals surface area contributed by atoms with Gasteiger partial charge in [-0.3, -0.25) is 9.11 Å². The van der Waals surface area contributed by atoms with Crippen LogP contribution in [0.2, 0.25) is 0 Å². The van der Waals surface area contributed by atoms with Crippen LogP contribution >= 0.6 is 0 Å². The average Bonchev–Trinajstić information content (AvgIpc) is 3.12. The summed E-state index contributed by atoms with van der Waals surface area (Å²) in [4.78, 5) is 0. The van der Waals surface area contributed by atoms with E-state index in [9.17, 15) is 31.0 Å². The summed E-state index contributed by atoms with van der Waals surface area (Å²) in [7, 11) is -9.11. The predicted molar refractivity (Wildman–Crippen MR) is 143 cm³/mol. The summed E-state index contributed by atoms with van der Waals surface area (Å²) in [5.41, 5.74) is -0.0507. The monoisotopic (exact) mass is 580 g/mol. The number of hydrogen-bond donors (Lipinski definition) is 3. The SMILES string of the molecule is CC(C)CCC[C@@H](COS(=O)(=O)O)[C@H]1CC[C@H]2[C@@H]3CCC4C[C@H](OS(=O)(=O)O)[C@@H](O)C[C@]4(C)[C@H]3CC[C@]12C. The molecule has 38 heavy (non-hydrogen) atoms. The average molecular weight is 581 g/mol. The van der Waals surface area contributed by atoms with Gasteiger partial charge in [-0.15, -0.1) is 0 Å². The first-order valence-electron chi connectivity index (χ1n) is 14.5. The van der Waals surface area contributed by atoms with Crippen LogP contribution in [0.5, 0.6) is 0 Å². The first-order valence-corrected chi connectivity index (χ1v) is 17.2. The van der Waals surface area contributed by atoms with Crippen molar-refractivity contribution >= 4 is 20.8 Å². The molecule has 0 aliphatic heterocycles. The van der Waals surface area contributed by atoms with Crippen LogP contribution in [0, 0.1) is 52.3 Å². The molecule has 0 aromatic heterocycles. The Morgan fingerprint density at radius 3 is 2.21 bits per heavy atom. The minimum atomic E-state index is -4.62. The fourth-order valence-electron chi connectivity index (χ4n) is 9.70. The lowest BCUT2D eigenvalue weighted by Gasteiger charge is -2.62. The van der Waals surface area contributed by atoms with E-state index >= 15 is 0 Å². The zero-order chi connectivity index (χ0) is 28.1. The molecule has 0 spiro atoms. The van der Waals surface area contributed by atoms with E-state index in [1.165, 1.54) is 0 Å². The molecule has 222 valence electrons. The first kappa shape index (κ1) is 30.7. The molecule has 4 saturated carbocycles. The maximum absolute atomic E-state index is 11.4. The molecule has 0 radical (unpaired) electrons. The third kappa shape index (κ3) is 6.44. The van der Waals surface area contributed by atoms with Crippen molar-refractivity contribution in [1.29, 1.82) is 0 Å². The maximum atomic E-state index is 11.4. The Balaban J connectivity index is 1.51. The van der Waals surface area contributed by atoms with E-state index < -0.39 is 33.0 Å². The lowest BCUT2D eigenvalue weighted by atomic mass is 9.44. The van der Waals surface area contributed by atoms with Gasteiger partial charge >= 0.3 is 20.8 Å². The summed E-state index contributed by atoms with van der Waals surface area (Å²) in [6, 6.07) is 0. The van der Waals surface area contributed by atoms with E-state index in [1.54, 1.807) is 0 Å². The van der Waals surface area contributed by atoms with Gasteiger partial charge in [0.05, 0.1) is 12.7 Å². The van der Waals surface area contributed by atoms with Gasteiger partial charge in [-0.2, -0.15) is 16.8 Å². The van der Waals surface area contributed by atoms with E-state index in [-0.39, 0.29) is 29.3 Å². The van der Waals surface area contributed by atoms with E-state index in [0.29, 0.717) is 42.4 Å². The highest BCUT2D eigenvalue weighted by Gasteiger charge is 2.62. The molecule has 4 aliphatic rings. The molecule has 0 amide bonds. The topological polar surface area (TPSA) is 147 Å². The van der Waals surface area contributed by atoms with Gasteiger partial charge < -0.3 is 5.11 Å². The van der Waals surface area contributed by atoms with Crippen molar-refractivity contribution in [3.05, 3.63) is 0 Å². The molecule has 3 N–H and O–H groups in total. The third-order valence-corrected chi connectivity index (χ3v) is 12.3. The van der Waals surface area contributed by atoms with Gasteiger partial charge in [0, 0.05) is 0 Å². The van der Waals surface area contributed by atoms with E-state index in [0.717, 1.165) is 57.8 Å². The smallest absolute Gasteiger partial charge is 0.390 e. The number of hydrogen-bond acceptors (Lipinski definition) is 7. The van der Waals surface area contributed by atoms with Crippen LogP contribution < -0.4 is 0 Å². The highest BCUT2D eigenvalue weighted by atomic mass is 32.3. The van der Waals surface area contributed by atoms with E-state index in [4.69, 9.17) is 8.37 Å². The van der Waals surface area contributed by atoms with E-state index in [2.05, 4.69) is 27.7 Å². The van der Waals surface area contributed by atoms with Gasteiger partial charge in [-0.25, -0.2) is 8.37 Å². The van der Waals surface area contributed by atoms with Gasteiger partial charge in [0.2, 0.25) is 0 Å². The second-order valence-electron chi connectivity index (χ2n) is 13.8. The molecule has 0 aromatic carbocycles. The van der Waals surface area contributed by atoms with Gasteiger partial charge in [-0.1, -0.05) is 40.5 Å². The van der Waals surface area contributed by atoms with Crippen molar-refractivity contribution in [3.63, 3.8) is 0 Å². The van der Waals surface area contributed by atoms with Crippen molar-refractivity contribution in [2.75, 3.05) is 6.61 Å². The molecule has 0 saturated heterocycles. The lowest BCUT2D eigenvalue weighted by molar-refractivity contribution is -0.157. The Morgan fingerprint density at radius 2 is 1.58 bits per heavy atom. The van der Waals surface area contributed by atoms with Crippen LogP contribution in [-0.4, -0.2) is 49.9 Å². The van der Waals surface area contributed by atoms with Crippen LogP contribution in [0.15, 0.2) is 0 Å². The fourth-order valence-corrected chi connectivity index (χ4v) is 10.6. The minimum Gasteiger partial charge on any atom is -0.390 e. The largest absolute Gasteiger partial charge is 0.397 e. The number of rotatable bonds is 10. The molecule has 0 aromatic rings. The Labute approximate surface area is 229 Å². The molecule has 10 atom stereocenters. The minimum absolute atomic E-state index is 0.0269. The van der Waals surface area contributed by atoms with Gasteiger partial charge in [-0.05, 0) is 110 Å². The number of aliphatic hydroxyl groups is 1. The van der Waals surface area contributed by atoms with Gasteiger partial charge in [0.15, 0.2) is 0 Å². The summed E-state index contributed by atoms with van der Waals surface area (Å²) in [5.74, 6) is 2.64. The van der Waals surface area contributed by atoms with Crippen LogP contribution in [0.3, 0.4) is 0 Å². The normalized spacial score (nSPS) is 42.4. The standard InChI is InChI=1S/C27H48O9S2/c1-17(2)6-5-7-18(16-35-37(29,30)31)21-10-11-22-20-9-8-19-14-25(36-38(32,33)34)24(28)15-27(19,4)23(20)12-13-26(21,22)3/h17-25,28H,5-16H2,1-4H3,(H,29,30,31)(H,32,33,34)/t18-,19?,20-,21+,22-,23-,24-,25-,26+,27-/m0/s1. The summed E-state index contributed by atoms with van der Waals surface area (Å²) in [6.45, 7) is 9.04. The molecule has 11 heteroatoms. The second kappa shape index (κ2) is 11.2. The molecule has 1 unspecified atom stereocenters. The molecule has 0 heterocycles. The lowest BCUT2D eigenvalue weighted by Crippen LogP contribution is -2.57. The summed E-state index contributed by atoms with van der Waals surface area (Å²) in [5, 5.41) is 10.8. The molecule has 9 nitrogen and oxygen atoms in total. The molecular formula is C27H48O9S2. The van der Waals surface area contributed by atoms with Crippen molar-refractivity contribution in [2.24, 2.45) is 52.3 Å². The zero-order valence-electron chi connectivity index (χ0n) is 23.3. The van der Waals surface area contributed by atoms with Crippen LogP contribution in [0.1, 0.15) is 98.3 Å². The number of aliphatic hydroxyl groups excluding tert-OH is 1. The highest BCUT2D eigenvalue weighted by Crippen LogP contribution is 2.68. The predicted octanol–water partition coefficient (Wildman–Crippen LogP) is 5.07. The Bertz CT molecular complexity index is 1040. The Hall–Kier alpha value is -0.300. The van der Waals surface area contributed by atoms with Crippen molar-refractivity contribution < 1.29 is 39.4 Å². The maximum Gasteiger partial charge on any atom is 0.397 e. The van der Waals surface area contributed by atoms with Crippen molar-refractivity contribution in [2.45, 2.75) is 111 Å². The van der Waals surface area contributed by atoms with Crippen molar-refractivity contribution in [3.8, 4) is 0 Å². The van der Waals surface area contributed by atoms with Gasteiger partial charge in [0.1, 0.15) is 6.10 Å². The van der Waals surface area contributed by atoms with Crippen LogP contribution in [-0.2, 0) is 29.2 Å². The highest BCUT2D eigenvalue weighted by molar-refractivity contribution is 7.81. The quantitative estimate of drug-likeness (QED) is 0.301. The van der Waals surface area contributed by atoms with Crippen molar-refractivity contribution in [1.82, 2.24) is 0 Å². The Kier molecular flexibility index (Phi) is 9.01. The second-order valence-corrected chi connectivity index (χ2v) is 15.9. The summed E-state index contributed by atoms with van der Waals surface area (Å²) in [6.07, 6.45) is 8.17. The molecular weight excluding hydrogens is 532 g/mol. The third-order valence-electron chi connectivity index (χ3n) is 11.3. The molecule has 4 fully saturated rings. The van der Waals surface area contributed by atoms with Crippen LogP contribution in [0.25, 0.3) is 0 Å². The summed E-state index contributed by atoms with van der Waals surface area (Å²) < 4.78 is 73.8. The van der Waals surface area contributed by atoms with Gasteiger partial charge in [0.25, 0.3) is 0 Å². The Morgan fingerprint density at radius 1 is 0.895 bits per heavy atom. The molecule has 4 rings (SSSR count). The van der Waals surface area contributed by atoms with Crippen LogP contribution in [0.4, 0.5) is 0 Å². The fraction of sp³-hybridized carbons (Fsp3) is 1.00. The molecule has 4 aliphatic carbocycles. The first-order chi connectivity index (χ1) is 17.5.